The summed E-state index contributed by atoms with van der Waals surface area (Å²) in [6.45, 7) is 0.977. The van der Waals surface area contributed by atoms with Gasteiger partial charge in [0.25, 0.3) is 0 Å². The Hall–Kier alpha value is -0.670. The van der Waals surface area contributed by atoms with Gasteiger partial charge in [-0.3, -0.25) is 9.79 Å². The molecule has 0 aromatic rings. The van der Waals surface area contributed by atoms with Gasteiger partial charge in [-0.1, -0.05) is 11.8 Å². The van der Waals surface area contributed by atoms with Crippen LogP contribution in [-0.4, -0.2) is 62.8 Å². The summed E-state index contributed by atoms with van der Waals surface area (Å²) in [5, 5.41) is 31.3. The highest BCUT2D eigenvalue weighted by Crippen LogP contribution is 2.35. The third-order valence-electron chi connectivity index (χ3n) is 2.63. The molecule has 2 rings (SSSR count). The maximum absolute atomic E-state index is 10.9. The largest absolute Gasteiger partial charge is 0.394 e. The average Bonchev–Trinajstić information content (AvgIpc) is 2.65. The summed E-state index contributed by atoms with van der Waals surface area (Å²) in [6.07, 6.45) is -3.11. The van der Waals surface area contributed by atoms with Crippen molar-refractivity contribution in [3.63, 3.8) is 0 Å². The second kappa shape index (κ2) is 4.91. The Morgan fingerprint density at radius 2 is 2.24 bits per heavy atom. The molecule has 17 heavy (non-hydrogen) atoms. The molecule has 0 unspecified atom stereocenters. The van der Waals surface area contributed by atoms with Crippen molar-refractivity contribution in [1.29, 1.82) is 0 Å². The summed E-state index contributed by atoms with van der Waals surface area (Å²) in [6, 6.07) is -0.625. The van der Waals surface area contributed by atoms with E-state index in [1.165, 1.54) is 6.92 Å². The van der Waals surface area contributed by atoms with Gasteiger partial charge in [0, 0.05) is 6.92 Å². The Kier molecular flexibility index (Phi) is 3.69. The topological polar surface area (TPSA) is 111 Å². The zero-order chi connectivity index (χ0) is 12.6. The molecule has 5 atom stereocenters. The van der Waals surface area contributed by atoms with Crippen LogP contribution in [0.2, 0.25) is 0 Å². The Bertz CT molecular complexity index is 350. The van der Waals surface area contributed by atoms with Gasteiger partial charge in [0.05, 0.1) is 6.61 Å². The van der Waals surface area contributed by atoms with Crippen LogP contribution in [0.3, 0.4) is 0 Å². The minimum Gasteiger partial charge on any atom is -0.394 e. The molecule has 2 aliphatic heterocycles. The molecular formula is C9H14N2O5S. The van der Waals surface area contributed by atoms with Crippen molar-refractivity contribution in [2.24, 2.45) is 4.99 Å². The number of aliphatic imine (C=N–C) groups is 1. The molecule has 0 aromatic heterocycles. The predicted octanol–water partition coefficient (Wildman–Crippen LogP) is -1.97. The molecule has 1 fully saturated rings. The third kappa shape index (κ3) is 2.45. The zero-order valence-electron chi connectivity index (χ0n) is 9.11. The molecule has 0 saturated carbocycles. The van der Waals surface area contributed by atoms with E-state index in [0.717, 1.165) is 11.8 Å². The van der Waals surface area contributed by atoms with Crippen molar-refractivity contribution in [3.8, 4) is 0 Å². The van der Waals surface area contributed by atoms with Crippen LogP contribution in [0.5, 0.6) is 0 Å². The van der Waals surface area contributed by atoms with Crippen molar-refractivity contribution in [3.05, 3.63) is 0 Å². The molecule has 0 bridgehead atoms. The molecule has 1 saturated heterocycles. The van der Waals surface area contributed by atoms with Crippen molar-refractivity contribution in [2.75, 3.05) is 6.61 Å². The number of nitrogens with zero attached hydrogens (tertiary/aromatic N) is 1. The van der Waals surface area contributed by atoms with Crippen LogP contribution in [0, 0.1) is 0 Å². The minimum absolute atomic E-state index is 0.261. The van der Waals surface area contributed by atoms with Crippen molar-refractivity contribution in [2.45, 2.75) is 36.7 Å². The summed E-state index contributed by atoms with van der Waals surface area (Å²) < 4.78 is 5.39. The van der Waals surface area contributed by atoms with Gasteiger partial charge in [0.2, 0.25) is 5.91 Å². The van der Waals surface area contributed by atoms with Gasteiger partial charge in [-0.2, -0.15) is 0 Å². The number of thioether (sulfide) groups is 1. The minimum atomic E-state index is -1.18. The van der Waals surface area contributed by atoms with E-state index in [9.17, 15) is 15.0 Å². The van der Waals surface area contributed by atoms with Crippen LogP contribution < -0.4 is 5.32 Å². The molecule has 0 spiro atoms. The Balaban J connectivity index is 2.09. The molecule has 7 nitrogen and oxygen atoms in total. The summed E-state index contributed by atoms with van der Waals surface area (Å²) in [5.41, 5.74) is -0.493. The van der Waals surface area contributed by atoms with Crippen LogP contribution in [0.4, 0.5) is 0 Å². The standard InChI is InChI=1S/C9H14N2O5S/c1-3(13)10-9-11-5-7(15)6(14)4(2-12)16-8(5)17-9/h4-8,12,14-15H,2H2,1H3,(H,10,11,13)/t4-,5-,6-,7-,8-/m1/s1. The Labute approximate surface area is 102 Å². The Morgan fingerprint density at radius 1 is 1.53 bits per heavy atom. The van der Waals surface area contributed by atoms with E-state index in [-0.39, 0.29) is 12.5 Å². The molecule has 2 aliphatic rings. The molecule has 2 heterocycles. The first-order valence-electron chi connectivity index (χ1n) is 5.17. The lowest BCUT2D eigenvalue weighted by Gasteiger charge is -2.37. The van der Waals surface area contributed by atoms with E-state index in [2.05, 4.69) is 10.3 Å². The molecule has 96 valence electrons. The number of amidine groups is 1. The molecule has 8 heteroatoms. The number of fused-ring (bicyclic) bond motifs is 1. The van der Waals surface area contributed by atoms with Crippen LogP contribution >= 0.6 is 11.8 Å². The quantitative estimate of drug-likeness (QED) is 0.436. The second-order valence-corrected chi connectivity index (χ2v) is 5.02. The van der Waals surface area contributed by atoms with Crippen molar-refractivity contribution < 1.29 is 24.9 Å². The highest BCUT2D eigenvalue weighted by atomic mass is 32.2. The van der Waals surface area contributed by atoms with Crippen molar-refractivity contribution in [1.82, 2.24) is 5.32 Å². The van der Waals surface area contributed by atoms with Gasteiger partial charge in [0.1, 0.15) is 29.8 Å². The fraction of sp³-hybridized carbons (Fsp3) is 0.778. The number of aliphatic hydroxyl groups excluding tert-OH is 3. The van der Waals surface area contributed by atoms with E-state index in [1.807, 2.05) is 0 Å². The smallest absolute Gasteiger partial charge is 0.222 e. The number of amides is 1. The molecule has 0 radical (unpaired) electrons. The average molecular weight is 262 g/mol. The van der Waals surface area contributed by atoms with Crippen LogP contribution in [0.1, 0.15) is 6.92 Å². The molecule has 0 aliphatic carbocycles. The van der Waals surface area contributed by atoms with Gasteiger partial charge in [-0.15, -0.1) is 0 Å². The van der Waals surface area contributed by atoms with Crippen LogP contribution in [0.25, 0.3) is 0 Å². The number of hydrogen-bond donors (Lipinski definition) is 4. The number of aliphatic hydroxyl groups is 3. The van der Waals surface area contributed by atoms with E-state index in [0.29, 0.717) is 5.17 Å². The normalized spacial score (nSPS) is 40.7. The highest BCUT2D eigenvalue weighted by Gasteiger charge is 2.48. The number of nitrogens with one attached hydrogen (secondary N) is 1. The lowest BCUT2D eigenvalue weighted by molar-refractivity contribution is -0.164. The first-order chi connectivity index (χ1) is 8.02. The Morgan fingerprint density at radius 3 is 2.82 bits per heavy atom. The van der Waals surface area contributed by atoms with Crippen LogP contribution in [-0.2, 0) is 9.53 Å². The zero-order valence-corrected chi connectivity index (χ0v) is 9.92. The fourth-order valence-electron chi connectivity index (χ4n) is 1.79. The fourth-order valence-corrected chi connectivity index (χ4v) is 2.95. The summed E-state index contributed by atoms with van der Waals surface area (Å²) in [7, 11) is 0. The number of ether oxygens (including phenoxy) is 1. The SMILES string of the molecule is CC(=O)NC1=N[C@@H]2[C@@H](O)[C@H](O)[C@@H](CO)O[C@@H]2S1. The van der Waals surface area contributed by atoms with Gasteiger partial charge < -0.3 is 25.4 Å². The summed E-state index contributed by atoms with van der Waals surface area (Å²) >= 11 is 1.16. The second-order valence-electron chi connectivity index (χ2n) is 3.93. The van der Waals surface area contributed by atoms with Crippen LogP contribution in [0.15, 0.2) is 4.99 Å². The maximum Gasteiger partial charge on any atom is 0.222 e. The summed E-state index contributed by atoms with van der Waals surface area (Å²) in [5.74, 6) is -0.261. The predicted molar refractivity (Wildman–Crippen MR) is 60.4 cm³/mol. The maximum atomic E-state index is 10.9. The highest BCUT2D eigenvalue weighted by molar-refractivity contribution is 8.14. The first kappa shape index (κ1) is 12.8. The number of carbonyl (C=O) groups is 1. The molecule has 1 amide bonds. The molecular weight excluding hydrogens is 248 g/mol. The van der Waals surface area contributed by atoms with Gasteiger partial charge in [-0.25, -0.2) is 0 Å². The van der Waals surface area contributed by atoms with Crippen molar-refractivity contribution >= 4 is 22.8 Å². The molecule has 4 N–H and O–H groups in total. The number of rotatable bonds is 1. The lowest BCUT2D eigenvalue weighted by atomic mass is 9.99. The molecule has 0 aromatic carbocycles. The van der Waals surface area contributed by atoms with Gasteiger partial charge in [-0.05, 0) is 0 Å². The van der Waals surface area contributed by atoms with E-state index in [1.54, 1.807) is 0 Å². The van der Waals surface area contributed by atoms with E-state index in [4.69, 9.17) is 9.84 Å². The lowest BCUT2D eigenvalue weighted by Crippen LogP contribution is -2.55. The third-order valence-corrected chi connectivity index (χ3v) is 3.68. The monoisotopic (exact) mass is 262 g/mol. The van der Waals surface area contributed by atoms with E-state index >= 15 is 0 Å². The number of carbonyl (C=O) groups excluding carboxylic acids is 1. The van der Waals surface area contributed by atoms with E-state index < -0.39 is 29.8 Å². The summed E-state index contributed by atoms with van der Waals surface area (Å²) in [4.78, 5) is 15.0. The first-order valence-corrected chi connectivity index (χ1v) is 6.05. The number of hydrogen-bond acceptors (Lipinski definition) is 7. The van der Waals surface area contributed by atoms with Gasteiger partial charge in [0.15, 0.2) is 5.17 Å². The van der Waals surface area contributed by atoms with Gasteiger partial charge >= 0.3 is 0 Å².